The van der Waals surface area contributed by atoms with E-state index in [2.05, 4.69) is 27.1 Å². The first kappa shape index (κ1) is 12.2. The summed E-state index contributed by atoms with van der Waals surface area (Å²) in [6, 6.07) is 0. The Morgan fingerprint density at radius 2 is 2.00 bits per heavy atom. The summed E-state index contributed by atoms with van der Waals surface area (Å²) in [7, 11) is 0. The molecule has 2 heterocycles. The van der Waals surface area contributed by atoms with Gasteiger partial charge in [-0.25, -0.2) is 14.4 Å². The predicted octanol–water partition coefficient (Wildman–Crippen LogP) is 1.44. The standard InChI is InChI=1S/C12H19FN4/c1-2-14-7-10-3-5-17(6-4-10)12-15-8-11(13)9-16-12/h8-10,14H,2-7H2,1H3. The Kier molecular flexibility index (Phi) is 4.25. The molecular weight excluding hydrogens is 219 g/mol. The fourth-order valence-corrected chi connectivity index (χ4v) is 2.15. The second kappa shape index (κ2) is 5.91. The minimum Gasteiger partial charge on any atom is -0.341 e. The van der Waals surface area contributed by atoms with E-state index in [4.69, 9.17) is 0 Å². The molecule has 0 aromatic carbocycles. The fraction of sp³-hybridized carbons (Fsp3) is 0.667. The molecule has 0 aliphatic carbocycles. The monoisotopic (exact) mass is 238 g/mol. The van der Waals surface area contributed by atoms with E-state index in [-0.39, 0.29) is 5.82 Å². The van der Waals surface area contributed by atoms with Gasteiger partial charge in [0.2, 0.25) is 5.95 Å². The van der Waals surface area contributed by atoms with Crippen LogP contribution in [0.3, 0.4) is 0 Å². The number of halogens is 1. The quantitative estimate of drug-likeness (QED) is 0.862. The molecule has 1 fully saturated rings. The molecule has 0 unspecified atom stereocenters. The largest absolute Gasteiger partial charge is 0.341 e. The van der Waals surface area contributed by atoms with E-state index in [1.807, 2.05) is 0 Å². The first-order valence-electron chi connectivity index (χ1n) is 6.22. The van der Waals surface area contributed by atoms with Gasteiger partial charge in [0.05, 0.1) is 12.4 Å². The lowest BCUT2D eigenvalue weighted by atomic mass is 9.97. The second-order valence-electron chi connectivity index (χ2n) is 4.44. The molecule has 1 aromatic heterocycles. The number of nitrogens with one attached hydrogen (secondary N) is 1. The highest BCUT2D eigenvalue weighted by atomic mass is 19.1. The third-order valence-corrected chi connectivity index (χ3v) is 3.19. The SMILES string of the molecule is CCNCC1CCN(c2ncc(F)cn2)CC1. The number of anilines is 1. The maximum absolute atomic E-state index is 12.7. The van der Waals surface area contributed by atoms with Gasteiger partial charge in [0, 0.05) is 13.1 Å². The number of aromatic nitrogens is 2. The van der Waals surface area contributed by atoms with Crippen molar-refractivity contribution in [3.63, 3.8) is 0 Å². The number of hydrogen-bond donors (Lipinski definition) is 1. The van der Waals surface area contributed by atoms with Gasteiger partial charge in [-0.3, -0.25) is 0 Å². The normalized spacial score (nSPS) is 17.4. The molecule has 0 saturated carbocycles. The number of rotatable bonds is 4. The van der Waals surface area contributed by atoms with Crippen molar-refractivity contribution in [3.8, 4) is 0 Å². The minimum absolute atomic E-state index is 0.379. The van der Waals surface area contributed by atoms with Crippen molar-refractivity contribution in [2.45, 2.75) is 19.8 Å². The van der Waals surface area contributed by atoms with Crippen LogP contribution in [-0.4, -0.2) is 36.1 Å². The van der Waals surface area contributed by atoms with E-state index in [0.717, 1.165) is 44.9 Å². The van der Waals surface area contributed by atoms with Crippen LogP contribution in [0.5, 0.6) is 0 Å². The van der Waals surface area contributed by atoms with Crippen LogP contribution in [0.2, 0.25) is 0 Å². The Labute approximate surface area is 101 Å². The van der Waals surface area contributed by atoms with Crippen LogP contribution >= 0.6 is 0 Å². The number of hydrogen-bond acceptors (Lipinski definition) is 4. The van der Waals surface area contributed by atoms with E-state index in [1.54, 1.807) is 0 Å². The third kappa shape index (κ3) is 3.36. The van der Waals surface area contributed by atoms with Crippen molar-refractivity contribution in [2.24, 2.45) is 5.92 Å². The maximum atomic E-state index is 12.7. The molecule has 0 radical (unpaired) electrons. The maximum Gasteiger partial charge on any atom is 0.225 e. The Morgan fingerprint density at radius 1 is 1.35 bits per heavy atom. The van der Waals surface area contributed by atoms with Gasteiger partial charge in [0.1, 0.15) is 0 Å². The van der Waals surface area contributed by atoms with Gasteiger partial charge in [0.15, 0.2) is 5.82 Å². The van der Waals surface area contributed by atoms with Crippen molar-refractivity contribution in [2.75, 3.05) is 31.1 Å². The highest BCUT2D eigenvalue weighted by Gasteiger charge is 2.20. The van der Waals surface area contributed by atoms with Gasteiger partial charge in [0.25, 0.3) is 0 Å². The molecule has 1 aliphatic heterocycles. The van der Waals surface area contributed by atoms with Crippen molar-refractivity contribution in [3.05, 3.63) is 18.2 Å². The highest BCUT2D eigenvalue weighted by Crippen LogP contribution is 2.19. The van der Waals surface area contributed by atoms with E-state index >= 15 is 0 Å². The number of nitrogens with zero attached hydrogens (tertiary/aromatic N) is 3. The first-order chi connectivity index (χ1) is 8.29. The second-order valence-corrected chi connectivity index (χ2v) is 4.44. The summed E-state index contributed by atoms with van der Waals surface area (Å²) in [5.41, 5.74) is 0. The van der Waals surface area contributed by atoms with Gasteiger partial charge < -0.3 is 10.2 Å². The fourth-order valence-electron chi connectivity index (χ4n) is 2.15. The lowest BCUT2D eigenvalue weighted by Crippen LogP contribution is -2.38. The van der Waals surface area contributed by atoms with Crippen LogP contribution in [0.1, 0.15) is 19.8 Å². The Hall–Kier alpha value is -1.23. The molecule has 1 N–H and O–H groups in total. The minimum atomic E-state index is -0.379. The summed E-state index contributed by atoms with van der Waals surface area (Å²) in [5, 5.41) is 3.38. The van der Waals surface area contributed by atoms with Crippen molar-refractivity contribution in [1.29, 1.82) is 0 Å². The van der Waals surface area contributed by atoms with Crippen LogP contribution in [0, 0.1) is 11.7 Å². The molecule has 2 rings (SSSR count). The van der Waals surface area contributed by atoms with Gasteiger partial charge in [-0.1, -0.05) is 6.92 Å². The van der Waals surface area contributed by atoms with Gasteiger partial charge in [-0.2, -0.15) is 0 Å². The summed E-state index contributed by atoms with van der Waals surface area (Å²) < 4.78 is 12.7. The van der Waals surface area contributed by atoms with E-state index in [0.29, 0.717) is 5.95 Å². The molecule has 0 amide bonds. The van der Waals surface area contributed by atoms with Crippen LogP contribution in [-0.2, 0) is 0 Å². The van der Waals surface area contributed by atoms with Crippen LogP contribution in [0.4, 0.5) is 10.3 Å². The van der Waals surface area contributed by atoms with Crippen LogP contribution in [0.15, 0.2) is 12.4 Å². The lowest BCUT2D eigenvalue weighted by Gasteiger charge is -2.31. The molecule has 1 saturated heterocycles. The van der Waals surface area contributed by atoms with Gasteiger partial charge >= 0.3 is 0 Å². The van der Waals surface area contributed by atoms with Crippen molar-refractivity contribution in [1.82, 2.24) is 15.3 Å². The molecule has 0 spiro atoms. The number of piperidine rings is 1. The Morgan fingerprint density at radius 3 is 2.59 bits per heavy atom. The molecule has 0 atom stereocenters. The van der Waals surface area contributed by atoms with Crippen LogP contribution in [0.25, 0.3) is 0 Å². The van der Waals surface area contributed by atoms with Crippen LogP contribution < -0.4 is 10.2 Å². The molecule has 5 heteroatoms. The summed E-state index contributed by atoms with van der Waals surface area (Å²) in [4.78, 5) is 10.2. The molecule has 1 aliphatic rings. The topological polar surface area (TPSA) is 41.0 Å². The molecule has 17 heavy (non-hydrogen) atoms. The summed E-state index contributed by atoms with van der Waals surface area (Å²) in [5.74, 6) is 1.01. The molecule has 1 aromatic rings. The summed E-state index contributed by atoms with van der Waals surface area (Å²) in [6.45, 7) is 6.17. The molecule has 0 bridgehead atoms. The molecule has 4 nitrogen and oxygen atoms in total. The molecular formula is C12H19FN4. The zero-order chi connectivity index (χ0) is 12.1. The predicted molar refractivity (Wildman–Crippen MR) is 65.5 cm³/mol. The smallest absolute Gasteiger partial charge is 0.225 e. The van der Waals surface area contributed by atoms with E-state index < -0.39 is 0 Å². The van der Waals surface area contributed by atoms with E-state index in [1.165, 1.54) is 12.4 Å². The average molecular weight is 238 g/mol. The first-order valence-corrected chi connectivity index (χ1v) is 6.22. The molecule has 94 valence electrons. The summed E-state index contributed by atoms with van der Waals surface area (Å²) >= 11 is 0. The van der Waals surface area contributed by atoms with Gasteiger partial charge in [-0.05, 0) is 31.8 Å². The zero-order valence-electron chi connectivity index (χ0n) is 10.2. The Balaban J connectivity index is 1.84. The summed E-state index contributed by atoms with van der Waals surface area (Å²) in [6.07, 6.45) is 4.75. The highest BCUT2D eigenvalue weighted by molar-refractivity contribution is 5.29. The van der Waals surface area contributed by atoms with Crippen molar-refractivity contribution < 1.29 is 4.39 Å². The van der Waals surface area contributed by atoms with Crippen molar-refractivity contribution >= 4 is 5.95 Å². The van der Waals surface area contributed by atoms with Gasteiger partial charge in [-0.15, -0.1) is 0 Å². The van der Waals surface area contributed by atoms with E-state index in [9.17, 15) is 4.39 Å². The lowest BCUT2D eigenvalue weighted by molar-refractivity contribution is 0.383. The third-order valence-electron chi connectivity index (χ3n) is 3.19. The zero-order valence-corrected chi connectivity index (χ0v) is 10.2. The Bertz CT molecular complexity index is 333. The average Bonchev–Trinajstić information content (AvgIpc) is 2.38.